The van der Waals surface area contributed by atoms with Crippen molar-refractivity contribution >= 4 is 0 Å². The summed E-state index contributed by atoms with van der Waals surface area (Å²) in [7, 11) is 4.24. The standard InChI is InChI=1S/C26H33N2O/c1-28(15-16-29-2)24-13-14-25(28)18-21(17-24)19-26(20-27,22-9-5-3-6-10-22)23-11-7-4-8-12-23/h3-12,21,24-25H,13-19H2,1-2H3/q+1/t21?,24-,25+,28?. The van der Waals surface area contributed by atoms with Crippen LogP contribution in [0.4, 0.5) is 0 Å². The topological polar surface area (TPSA) is 33.0 Å². The summed E-state index contributed by atoms with van der Waals surface area (Å²) in [4.78, 5) is 0. The third kappa shape index (κ3) is 3.61. The first-order valence-electron chi connectivity index (χ1n) is 11.0. The van der Waals surface area contributed by atoms with Gasteiger partial charge in [-0.05, 0) is 23.5 Å². The molecule has 4 rings (SSSR count). The molecule has 2 heterocycles. The van der Waals surface area contributed by atoms with Crippen LogP contribution in [0, 0.1) is 17.2 Å². The fourth-order valence-electron chi connectivity index (χ4n) is 6.13. The number of piperidine rings is 1. The molecule has 3 heteroatoms. The number of fused-ring (bicyclic) bond motifs is 2. The van der Waals surface area contributed by atoms with Crippen molar-refractivity contribution in [3.05, 3.63) is 71.8 Å². The Balaban J connectivity index is 1.63. The molecule has 2 aromatic rings. The van der Waals surface area contributed by atoms with E-state index in [1.165, 1.54) is 30.2 Å². The Labute approximate surface area is 175 Å². The molecule has 0 spiro atoms. The SMILES string of the molecule is COCC[N+]1(C)[C@@H]2CC[C@H]1CC(CC(C#N)(c1ccccc1)c1ccccc1)C2. The lowest BCUT2D eigenvalue weighted by molar-refractivity contribution is -0.949. The van der Waals surface area contributed by atoms with Crippen LogP contribution in [-0.2, 0) is 10.2 Å². The predicted molar refractivity (Wildman–Crippen MR) is 116 cm³/mol. The van der Waals surface area contributed by atoms with Gasteiger partial charge >= 0.3 is 0 Å². The molecule has 29 heavy (non-hydrogen) atoms. The van der Waals surface area contributed by atoms with Gasteiger partial charge in [-0.25, -0.2) is 0 Å². The predicted octanol–water partition coefficient (Wildman–Crippen LogP) is 4.92. The van der Waals surface area contributed by atoms with Crippen LogP contribution < -0.4 is 0 Å². The Morgan fingerprint density at radius 1 is 0.966 bits per heavy atom. The van der Waals surface area contributed by atoms with Gasteiger partial charge < -0.3 is 9.22 Å². The number of hydrogen-bond acceptors (Lipinski definition) is 2. The highest BCUT2D eigenvalue weighted by molar-refractivity contribution is 5.45. The monoisotopic (exact) mass is 389 g/mol. The number of methoxy groups -OCH3 is 1. The average Bonchev–Trinajstić information content (AvgIpc) is 2.94. The largest absolute Gasteiger partial charge is 0.379 e. The van der Waals surface area contributed by atoms with Crippen LogP contribution in [0.15, 0.2) is 60.7 Å². The molecule has 2 bridgehead atoms. The van der Waals surface area contributed by atoms with Gasteiger partial charge in [0.2, 0.25) is 0 Å². The fraction of sp³-hybridized carbons (Fsp3) is 0.500. The van der Waals surface area contributed by atoms with Crippen LogP contribution in [0.5, 0.6) is 0 Å². The summed E-state index contributed by atoms with van der Waals surface area (Å²) >= 11 is 0. The number of benzene rings is 2. The summed E-state index contributed by atoms with van der Waals surface area (Å²) in [5, 5.41) is 10.5. The van der Waals surface area contributed by atoms with E-state index in [1.54, 1.807) is 0 Å². The maximum Gasteiger partial charge on any atom is 0.107 e. The van der Waals surface area contributed by atoms with E-state index in [9.17, 15) is 5.26 Å². The first-order chi connectivity index (χ1) is 14.1. The number of likely N-dealkylation sites (N-methyl/N-ethyl adjacent to an activating group) is 1. The lowest BCUT2D eigenvalue weighted by atomic mass is 9.67. The van der Waals surface area contributed by atoms with E-state index in [2.05, 4.69) is 61.6 Å². The molecule has 0 aromatic heterocycles. The Kier molecular flexibility index (Phi) is 5.76. The van der Waals surface area contributed by atoms with Gasteiger partial charge in [0.25, 0.3) is 0 Å². The van der Waals surface area contributed by atoms with Crippen LogP contribution in [-0.4, -0.2) is 43.9 Å². The third-order valence-corrected chi connectivity index (χ3v) is 7.81. The van der Waals surface area contributed by atoms with Crippen LogP contribution in [0.25, 0.3) is 0 Å². The molecule has 2 aliphatic heterocycles. The molecule has 0 N–H and O–H groups in total. The second-order valence-electron chi connectivity index (χ2n) is 9.24. The van der Waals surface area contributed by atoms with Crippen molar-refractivity contribution in [2.24, 2.45) is 5.92 Å². The Morgan fingerprint density at radius 3 is 1.93 bits per heavy atom. The minimum atomic E-state index is -0.570. The number of ether oxygens (including phenoxy) is 1. The zero-order chi connectivity index (χ0) is 20.3. The summed E-state index contributed by atoms with van der Waals surface area (Å²) < 4.78 is 6.58. The molecule has 0 amide bonds. The molecule has 0 radical (unpaired) electrons. The average molecular weight is 390 g/mol. The molecule has 2 unspecified atom stereocenters. The summed E-state index contributed by atoms with van der Waals surface area (Å²) in [6.45, 7) is 1.95. The third-order valence-electron chi connectivity index (χ3n) is 7.81. The van der Waals surface area contributed by atoms with Gasteiger partial charge in [0.05, 0.1) is 31.8 Å². The second kappa shape index (κ2) is 8.30. The van der Waals surface area contributed by atoms with Gasteiger partial charge in [0.15, 0.2) is 0 Å². The van der Waals surface area contributed by atoms with Crippen LogP contribution in [0.2, 0.25) is 0 Å². The summed E-state index contributed by atoms with van der Waals surface area (Å²) in [5.74, 6) is 0.585. The second-order valence-corrected chi connectivity index (χ2v) is 9.24. The van der Waals surface area contributed by atoms with Crippen molar-refractivity contribution in [1.29, 1.82) is 5.26 Å². The van der Waals surface area contributed by atoms with E-state index in [4.69, 9.17) is 4.74 Å². The lowest BCUT2D eigenvalue weighted by Gasteiger charge is -2.48. The van der Waals surface area contributed by atoms with E-state index in [-0.39, 0.29) is 0 Å². The van der Waals surface area contributed by atoms with Gasteiger partial charge in [-0.1, -0.05) is 60.7 Å². The maximum absolute atomic E-state index is 10.5. The summed E-state index contributed by atoms with van der Waals surface area (Å²) in [6, 6.07) is 25.0. The van der Waals surface area contributed by atoms with Crippen molar-refractivity contribution in [3.8, 4) is 6.07 Å². The number of hydrogen-bond donors (Lipinski definition) is 0. The molecule has 2 aromatic carbocycles. The summed E-state index contributed by atoms with van der Waals surface area (Å²) in [6.07, 6.45) is 5.99. The Bertz CT molecular complexity index is 789. The van der Waals surface area contributed by atoms with Gasteiger partial charge in [-0.3, -0.25) is 0 Å². The molecular weight excluding hydrogens is 356 g/mol. The first kappa shape index (κ1) is 20.1. The highest BCUT2D eigenvalue weighted by atomic mass is 16.5. The van der Waals surface area contributed by atoms with E-state index in [1.807, 2.05) is 19.2 Å². The van der Waals surface area contributed by atoms with Gasteiger partial charge in [-0.15, -0.1) is 0 Å². The van der Waals surface area contributed by atoms with Crippen molar-refractivity contribution in [2.75, 3.05) is 27.3 Å². The Morgan fingerprint density at radius 2 is 1.48 bits per heavy atom. The fourth-order valence-corrected chi connectivity index (χ4v) is 6.13. The smallest absolute Gasteiger partial charge is 0.107 e. The zero-order valence-electron chi connectivity index (χ0n) is 17.8. The molecule has 4 atom stereocenters. The number of quaternary nitrogens is 1. The number of nitrogens with zero attached hydrogens (tertiary/aromatic N) is 2. The van der Waals surface area contributed by atoms with Gasteiger partial charge in [0.1, 0.15) is 12.0 Å². The molecule has 0 aliphatic carbocycles. The number of nitriles is 1. The van der Waals surface area contributed by atoms with Crippen LogP contribution in [0.1, 0.15) is 43.2 Å². The molecule has 2 saturated heterocycles. The molecule has 0 saturated carbocycles. The Hall–Kier alpha value is -2.15. The number of rotatable bonds is 7. The zero-order valence-corrected chi connectivity index (χ0v) is 17.8. The molecule has 3 nitrogen and oxygen atoms in total. The van der Waals surface area contributed by atoms with E-state index in [0.717, 1.165) is 30.7 Å². The minimum absolute atomic E-state index is 0.570. The summed E-state index contributed by atoms with van der Waals surface area (Å²) in [5.41, 5.74) is 1.69. The van der Waals surface area contributed by atoms with E-state index < -0.39 is 5.41 Å². The molecule has 152 valence electrons. The highest BCUT2D eigenvalue weighted by Gasteiger charge is 2.52. The molecular formula is C26H33N2O+. The van der Waals surface area contributed by atoms with Crippen LogP contribution in [0.3, 0.4) is 0 Å². The van der Waals surface area contributed by atoms with Crippen LogP contribution >= 0.6 is 0 Å². The molecule has 2 aliphatic rings. The normalized spacial score (nSPS) is 28.8. The van der Waals surface area contributed by atoms with Gasteiger partial charge in [-0.2, -0.15) is 5.26 Å². The van der Waals surface area contributed by atoms with Crippen molar-refractivity contribution in [3.63, 3.8) is 0 Å². The maximum atomic E-state index is 10.5. The van der Waals surface area contributed by atoms with Crippen molar-refractivity contribution in [2.45, 2.75) is 49.6 Å². The van der Waals surface area contributed by atoms with E-state index in [0.29, 0.717) is 18.0 Å². The van der Waals surface area contributed by atoms with Gasteiger partial charge in [0, 0.05) is 32.8 Å². The highest BCUT2D eigenvalue weighted by Crippen LogP contribution is 2.48. The minimum Gasteiger partial charge on any atom is -0.379 e. The van der Waals surface area contributed by atoms with E-state index >= 15 is 0 Å². The molecule has 2 fully saturated rings. The lowest BCUT2D eigenvalue weighted by Crippen LogP contribution is -2.59. The first-order valence-corrected chi connectivity index (χ1v) is 11.0. The quantitative estimate of drug-likeness (QED) is 0.630. The van der Waals surface area contributed by atoms with Crippen molar-refractivity contribution < 1.29 is 9.22 Å². The van der Waals surface area contributed by atoms with Crippen molar-refractivity contribution in [1.82, 2.24) is 0 Å².